The van der Waals surface area contributed by atoms with Crippen LogP contribution in [0.5, 0.6) is 11.5 Å². The van der Waals surface area contributed by atoms with Gasteiger partial charge in [-0.15, -0.1) is 0 Å². The fraction of sp³-hybridized carbons (Fsp3) is 0.366. The Balaban J connectivity index is 1.19. The fourth-order valence-corrected chi connectivity index (χ4v) is 6.39. The maximum atomic E-state index is 13.3. The molecule has 0 spiro atoms. The molecule has 2 heterocycles. The Hall–Kier alpha value is -4.58. The van der Waals surface area contributed by atoms with E-state index in [2.05, 4.69) is 32.9 Å². The SMILES string of the molecule is CC1=C(/C=C/C(C)=C/C=C/C(C)=C/C(=O)Oc2ccc(-c3coc4cc(O[C@@H]5OC(CO)[C@@H](O)[C@H](O)C5O)ccc4c3=O)cc2)C(C)(C)CCC1. The first-order chi connectivity index (χ1) is 24.3. The van der Waals surface area contributed by atoms with Gasteiger partial charge >= 0.3 is 5.97 Å². The van der Waals surface area contributed by atoms with Crippen LogP contribution >= 0.6 is 0 Å². The molecule has 270 valence electrons. The van der Waals surface area contributed by atoms with Gasteiger partial charge in [0, 0.05) is 12.1 Å². The lowest BCUT2D eigenvalue weighted by Gasteiger charge is -2.39. The predicted octanol–water partition coefficient (Wildman–Crippen LogP) is 6.08. The molecule has 1 saturated heterocycles. The Morgan fingerprint density at radius 2 is 1.71 bits per heavy atom. The summed E-state index contributed by atoms with van der Waals surface area (Å²) < 4.78 is 22.2. The molecule has 10 heteroatoms. The lowest BCUT2D eigenvalue weighted by Crippen LogP contribution is -2.60. The number of hydrogen-bond acceptors (Lipinski definition) is 10. The summed E-state index contributed by atoms with van der Waals surface area (Å²) in [6.45, 7) is 10.1. The second-order valence-electron chi connectivity index (χ2n) is 13.8. The van der Waals surface area contributed by atoms with Crippen molar-refractivity contribution in [3.05, 3.63) is 118 Å². The summed E-state index contributed by atoms with van der Waals surface area (Å²) in [7, 11) is 0. The number of carbonyl (C=O) groups is 1. The third-order valence-corrected chi connectivity index (χ3v) is 9.35. The van der Waals surface area contributed by atoms with Crippen LogP contribution in [0.25, 0.3) is 22.1 Å². The molecule has 4 N–H and O–H groups in total. The van der Waals surface area contributed by atoms with Crippen molar-refractivity contribution in [2.75, 3.05) is 6.61 Å². The highest BCUT2D eigenvalue weighted by atomic mass is 16.7. The molecule has 1 aliphatic carbocycles. The maximum absolute atomic E-state index is 13.3. The van der Waals surface area contributed by atoms with Gasteiger partial charge in [0.15, 0.2) is 5.43 Å². The second-order valence-corrected chi connectivity index (χ2v) is 13.8. The number of fused-ring (bicyclic) bond motifs is 1. The Bertz CT molecular complexity index is 1940. The second kappa shape index (κ2) is 16.2. The van der Waals surface area contributed by atoms with Gasteiger partial charge in [-0.05, 0) is 86.4 Å². The van der Waals surface area contributed by atoms with Gasteiger partial charge in [0.2, 0.25) is 6.29 Å². The van der Waals surface area contributed by atoms with Gasteiger partial charge in [0.05, 0.1) is 17.6 Å². The molecular weight excluding hydrogens is 652 g/mol. The first kappa shape index (κ1) is 37.7. The smallest absolute Gasteiger partial charge is 0.336 e. The van der Waals surface area contributed by atoms with E-state index in [1.54, 1.807) is 24.3 Å². The van der Waals surface area contributed by atoms with Gasteiger partial charge in [0.1, 0.15) is 47.8 Å². The van der Waals surface area contributed by atoms with E-state index in [-0.39, 0.29) is 33.1 Å². The quantitative estimate of drug-likeness (QED) is 0.0848. The van der Waals surface area contributed by atoms with Crippen LogP contribution in [0.3, 0.4) is 0 Å². The first-order valence-electron chi connectivity index (χ1n) is 17.0. The first-order valence-corrected chi connectivity index (χ1v) is 17.0. The average Bonchev–Trinajstić information content (AvgIpc) is 3.08. The number of aliphatic hydroxyl groups excluding tert-OH is 4. The minimum absolute atomic E-state index is 0.166. The zero-order valence-electron chi connectivity index (χ0n) is 29.5. The van der Waals surface area contributed by atoms with Gasteiger partial charge in [-0.3, -0.25) is 4.79 Å². The van der Waals surface area contributed by atoms with Crippen molar-refractivity contribution in [2.24, 2.45) is 5.41 Å². The van der Waals surface area contributed by atoms with Gasteiger partial charge in [-0.25, -0.2) is 4.79 Å². The molecule has 3 aromatic rings. The van der Waals surface area contributed by atoms with Crippen LogP contribution in [0.1, 0.15) is 53.9 Å². The van der Waals surface area contributed by atoms with E-state index in [0.29, 0.717) is 11.3 Å². The molecule has 2 aliphatic rings. The van der Waals surface area contributed by atoms with E-state index in [1.165, 1.54) is 54.5 Å². The number of allylic oxidation sites excluding steroid dienone is 9. The number of hydrogen-bond donors (Lipinski definition) is 4. The molecular formula is C41H46O10. The van der Waals surface area contributed by atoms with Crippen molar-refractivity contribution in [3.63, 3.8) is 0 Å². The largest absolute Gasteiger partial charge is 0.463 e. The standard InChI is InChI=1S/C41H46O10/c1-24(11-18-32-26(3)10-7-19-41(32,4)5)8-6-9-25(2)20-35(43)49-28-14-12-27(13-15-28)31-23-48-33-21-29(16-17-30(33)36(31)44)50-40-39(47)38(46)37(45)34(22-42)51-40/h6,8-9,11-18,20-21,23,34,37-40,42,45-47H,7,10,19,22H2,1-5H3/b9-6+,18-11+,24-8+,25-20+/t34?,37-,38+,39?,40-/m1/s1. The van der Waals surface area contributed by atoms with E-state index >= 15 is 0 Å². The number of rotatable bonds is 10. The summed E-state index contributed by atoms with van der Waals surface area (Å²) in [5.74, 6) is -0.0490. The highest BCUT2D eigenvalue weighted by Crippen LogP contribution is 2.40. The lowest BCUT2D eigenvalue weighted by atomic mass is 9.72. The van der Waals surface area contributed by atoms with E-state index in [4.69, 9.17) is 18.6 Å². The van der Waals surface area contributed by atoms with Crippen molar-refractivity contribution in [3.8, 4) is 22.6 Å². The summed E-state index contributed by atoms with van der Waals surface area (Å²) in [4.78, 5) is 25.9. The third kappa shape index (κ3) is 9.02. The normalized spacial score (nSPS) is 24.5. The number of aliphatic hydroxyl groups is 4. The predicted molar refractivity (Wildman–Crippen MR) is 194 cm³/mol. The molecule has 2 unspecified atom stereocenters. The summed E-state index contributed by atoms with van der Waals surface area (Å²) in [6, 6.07) is 10.9. The Morgan fingerprint density at radius 1 is 0.980 bits per heavy atom. The third-order valence-electron chi connectivity index (χ3n) is 9.35. The molecule has 10 nitrogen and oxygen atoms in total. The monoisotopic (exact) mass is 698 g/mol. The molecule has 1 fully saturated rings. The minimum atomic E-state index is -1.59. The fourth-order valence-electron chi connectivity index (χ4n) is 6.39. The molecule has 5 rings (SSSR count). The van der Waals surface area contributed by atoms with Crippen LogP contribution in [0.15, 0.2) is 117 Å². The Kier molecular flexibility index (Phi) is 12.0. The van der Waals surface area contributed by atoms with Crippen molar-refractivity contribution in [1.29, 1.82) is 0 Å². The van der Waals surface area contributed by atoms with Crippen molar-refractivity contribution >= 4 is 16.9 Å². The minimum Gasteiger partial charge on any atom is -0.463 e. The summed E-state index contributed by atoms with van der Waals surface area (Å²) >= 11 is 0. The van der Waals surface area contributed by atoms with Crippen LogP contribution in [-0.2, 0) is 9.53 Å². The van der Waals surface area contributed by atoms with Gasteiger partial charge in [-0.2, -0.15) is 0 Å². The molecule has 1 aromatic heterocycles. The molecule has 0 bridgehead atoms. The van der Waals surface area contributed by atoms with Crippen LogP contribution in [0.2, 0.25) is 0 Å². The van der Waals surface area contributed by atoms with Crippen molar-refractivity contribution in [2.45, 2.75) is 84.6 Å². The van der Waals surface area contributed by atoms with Crippen molar-refractivity contribution in [1.82, 2.24) is 0 Å². The zero-order valence-corrected chi connectivity index (χ0v) is 29.5. The van der Waals surface area contributed by atoms with Crippen LogP contribution in [0.4, 0.5) is 0 Å². The molecule has 1 aliphatic heterocycles. The summed E-state index contributed by atoms with van der Waals surface area (Å²) in [5.41, 5.74) is 5.63. The Morgan fingerprint density at radius 3 is 2.41 bits per heavy atom. The number of esters is 1. The van der Waals surface area contributed by atoms with Gasteiger partial charge in [-0.1, -0.05) is 67.5 Å². The number of benzene rings is 2. The topological polar surface area (TPSA) is 156 Å². The van der Waals surface area contributed by atoms with Gasteiger partial charge < -0.3 is 39.1 Å². The number of ether oxygens (including phenoxy) is 3. The molecule has 51 heavy (non-hydrogen) atoms. The Labute approximate surface area is 297 Å². The molecule has 2 aromatic carbocycles. The van der Waals surface area contributed by atoms with Crippen molar-refractivity contribution < 1.29 is 43.8 Å². The highest BCUT2D eigenvalue weighted by molar-refractivity contribution is 5.86. The number of carbonyl (C=O) groups excluding carboxylic acids is 1. The van der Waals surface area contributed by atoms with Crippen LogP contribution in [-0.4, -0.2) is 63.7 Å². The van der Waals surface area contributed by atoms with Crippen LogP contribution < -0.4 is 14.9 Å². The van der Waals surface area contributed by atoms with E-state index < -0.39 is 43.3 Å². The lowest BCUT2D eigenvalue weighted by molar-refractivity contribution is -0.277. The zero-order chi connectivity index (χ0) is 36.9. The van der Waals surface area contributed by atoms with Gasteiger partial charge in [0.25, 0.3) is 0 Å². The van der Waals surface area contributed by atoms with E-state index in [1.807, 2.05) is 32.1 Å². The van der Waals surface area contributed by atoms with Crippen LogP contribution in [0, 0.1) is 5.41 Å². The molecule has 0 amide bonds. The highest BCUT2D eigenvalue weighted by Gasteiger charge is 2.44. The average molecular weight is 699 g/mol. The van der Waals surface area contributed by atoms with E-state index in [0.717, 1.165) is 17.6 Å². The maximum Gasteiger partial charge on any atom is 0.336 e. The molecule has 5 atom stereocenters. The van der Waals surface area contributed by atoms with E-state index in [9.17, 15) is 30.0 Å². The molecule has 0 saturated carbocycles. The summed E-state index contributed by atoms with van der Waals surface area (Å²) in [6.07, 6.45) is 9.23. The summed E-state index contributed by atoms with van der Waals surface area (Å²) in [5, 5.41) is 39.9. The molecule has 0 radical (unpaired) electrons.